The fourth-order valence-corrected chi connectivity index (χ4v) is 3.25. The van der Waals surface area contributed by atoms with Crippen molar-refractivity contribution in [2.24, 2.45) is 5.10 Å². The predicted octanol–water partition coefficient (Wildman–Crippen LogP) is 6.47. The summed E-state index contributed by atoms with van der Waals surface area (Å²) in [6.45, 7) is 2.02. The number of nitrogens with zero attached hydrogens (tertiary/aromatic N) is 1. The van der Waals surface area contributed by atoms with Gasteiger partial charge in [0.1, 0.15) is 5.75 Å². The van der Waals surface area contributed by atoms with Gasteiger partial charge in [0.05, 0.1) is 17.5 Å². The molecule has 4 aromatic rings. The highest BCUT2D eigenvalue weighted by atomic mass is 35.5. The molecule has 0 spiro atoms. The molecule has 0 radical (unpaired) electrons. The summed E-state index contributed by atoms with van der Waals surface area (Å²) in [5.74, 6) is -0.0216. The summed E-state index contributed by atoms with van der Waals surface area (Å²) in [5.41, 5.74) is 6.19. The molecule has 0 atom stereocenters. The second-order valence-corrected chi connectivity index (χ2v) is 7.27. The van der Waals surface area contributed by atoms with Crippen molar-refractivity contribution in [3.05, 3.63) is 107 Å². The molecule has 0 saturated carbocycles. The van der Waals surface area contributed by atoms with Crippen LogP contribution in [0, 0.1) is 6.92 Å². The summed E-state index contributed by atoms with van der Waals surface area (Å²) in [5, 5.41) is 6.90. The van der Waals surface area contributed by atoms with E-state index in [2.05, 4.69) is 10.5 Å². The lowest BCUT2D eigenvalue weighted by Gasteiger charge is -2.11. The second kappa shape index (κ2) is 8.80. The van der Waals surface area contributed by atoms with Crippen molar-refractivity contribution in [2.45, 2.75) is 6.92 Å². The predicted molar refractivity (Wildman–Crippen MR) is 123 cm³/mol. The largest absolute Gasteiger partial charge is 0.422 e. The van der Waals surface area contributed by atoms with Crippen LogP contribution in [0.25, 0.3) is 10.8 Å². The van der Waals surface area contributed by atoms with Crippen molar-refractivity contribution >= 4 is 40.2 Å². The molecule has 0 saturated heterocycles. The first-order valence-electron chi connectivity index (χ1n) is 9.45. The molecule has 1 N–H and O–H groups in total. The van der Waals surface area contributed by atoms with E-state index in [1.54, 1.807) is 36.5 Å². The number of nitrogens with one attached hydrogen (secondary N) is 1. The summed E-state index contributed by atoms with van der Waals surface area (Å²) in [6.07, 6.45) is 1.68. The lowest BCUT2D eigenvalue weighted by atomic mass is 10.0. The Balaban J connectivity index is 1.66. The van der Waals surface area contributed by atoms with Crippen molar-refractivity contribution in [1.29, 1.82) is 0 Å². The molecule has 4 aromatic carbocycles. The average Bonchev–Trinajstić information content (AvgIpc) is 2.75. The number of hydrogen-bond donors (Lipinski definition) is 1. The highest BCUT2D eigenvalue weighted by molar-refractivity contribution is 6.30. The van der Waals surface area contributed by atoms with Crippen LogP contribution in [-0.2, 0) is 0 Å². The normalized spacial score (nSPS) is 11.0. The molecule has 4 nitrogen and oxygen atoms in total. The summed E-state index contributed by atoms with van der Waals surface area (Å²) in [4.78, 5) is 12.6. The monoisotopic (exact) mass is 414 g/mol. The number of halogens is 1. The molecule has 4 rings (SSSR count). The summed E-state index contributed by atoms with van der Waals surface area (Å²) >= 11 is 5.91. The van der Waals surface area contributed by atoms with E-state index < -0.39 is 5.97 Å². The number of carbonyl (C=O) groups excluding carboxylic acids is 1. The minimum atomic E-state index is -0.455. The van der Waals surface area contributed by atoms with E-state index >= 15 is 0 Å². The molecule has 0 bridgehead atoms. The number of rotatable bonds is 5. The molecule has 5 heteroatoms. The number of hydrogen-bond acceptors (Lipinski definition) is 4. The van der Waals surface area contributed by atoms with Crippen LogP contribution in [0.3, 0.4) is 0 Å². The van der Waals surface area contributed by atoms with Gasteiger partial charge in [0.2, 0.25) is 0 Å². The van der Waals surface area contributed by atoms with Crippen LogP contribution in [-0.4, -0.2) is 12.2 Å². The number of aryl methyl sites for hydroxylation is 1. The van der Waals surface area contributed by atoms with Crippen LogP contribution in [0.4, 0.5) is 5.69 Å². The van der Waals surface area contributed by atoms with Crippen molar-refractivity contribution in [1.82, 2.24) is 0 Å². The zero-order valence-electron chi connectivity index (χ0n) is 16.3. The lowest BCUT2D eigenvalue weighted by Crippen LogP contribution is -2.10. The third kappa shape index (κ3) is 4.50. The van der Waals surface area contributed by atoms with E-state index in [1.807, 2.05) is 61.5 Å². The van der Waals surface area contributed by atoms with Gasteiger partial charge < -0.3 is 4.74 Å². The third-order valence-electron chi connectivity index (χ3n) is 4.62. The highest BCUT2D eigenvalue weighted by Gasteiger charge is 2.13. The van der Waals surface area contributed by atoms with Gasteiger partial charge in [-0.25, -0.2) is 4.79 Å². The van der Waals surface area contributed by atoms with Gasteiger partial charge >= 0.3 is 5.97 Å². The van der Waals surface area contributed by atoms with Gasteiger partial charge in [-0.3, -0.25) is 5.43 Å². The quantitative estimate of drug-likeness (QED) is 0.176. The fourth-order valence-electron chi connectivity index (χ4n) is 3.13. The standard InChI is InChI=1S/C25H19ClN2O2/c1-17-5-4-7-21(15-17)28-27-16-23-22-8-3-2-6-18(22)11-14-24(23)30-25(29)19-9-12-20(26)13-10-19/h2-16,28H,1H3. The van der Waals surface area contributed by atoms with E-state index in [9.17, 15) is 4.79 Å². The Bertz CT molecular complexity index is 1230. The fraction of sp³-hybridized carbons (Fsp3) is 0.0400. The minimum absolute atomic E-state index is 0.424. The zero-order valence-corrected chi connectivity index (χ0v) is 17.1. The first-order valence-corrected chi connectivity index (χ1v) is 9.83. The molecule has 0 aromatic heterocycles. The Kier molecular flexibility index (Phi) is 5.77. The Morgan fingerprint density at radius 3 is 2.57 bits per heavy atom. The van der Waals surface area contributed by atoms with Crippen LogP contribution in [0.1, 0.15) is 21.5 Å². The molecule has 148 valence electrons. The molecule has 0 aliphatic carbocycles. The van der Waals surface area contributed by atoms with Crippen LogP contribution in [0.5, 0.6) is 5.75 Å². The van der Waals surface area contributed by atoms with Crippen molar-refractivity contribution in [3.8, 4) is 5.75 Å². The molecule has 0 aliphatic heterocycles. The van der Waals surface area contributed by atoms with Crippen LogP contribution in [0.15, 0.2) is 90.0 Å². The second-order valence-electron chi connectivity index (χ2n) is 6.83. The molecule has 0 heterocycles. The number of esters is 1. The molecule has 0 fully saturated rings. The zero-order chi connectivity index (χ0) is 20.9. The van der Waals surface area contributed by atoms with Crippen LogP contribution in [0.2, 0.25) is 5.02 Å². The Labute approximate surface area is 179 Å². The van der Waals surface area contributed by atoms with Gasteiger partial charge in [-0.15, -0.1) is 0 Å². The van der Waals surface area contributed by atoms with Gasteiger partial charge in [0.15, 0.2) is 0 Å². The van der Waals surface area contributed by atoms with E-state index in [-0.39, 0.29) is 0 Å². The van der Waals surface area contributed by atoms with E-state index in [0.717, 1.165) is 27.6 Å². The lowest BCUT2D eigenvalue weighted by molar-refractivity contribution is 0.0735. The maximum Gasteiger partial charge on any atom is 0.343 e. The van der Waals surface area contributed by atoms with Crippen LogP contribution < -0.4 is 10.2 Å². The Morgan fingerprint density at radius 1 is 0.967 bits per heavy atom. The maximum absolute atomic E-state index is 12.6. The van der Waals surface area contributed by atoms with Crippen LogP contribution >= 0.6 is 11.6 Å². The molecule has 30 heavy (non-hydrogen) atoms. The highest BCUT2D eigenvalue weighted by Crippen LogP contribution is 2.27. The van der Waals surface area contributed by atoms with Gasteiger partial charge in [-0.05, 0) is 65.7 Å². The number of hydrazone groups is 1. The van der Waals surface area contributed by atoms with Crippen molar-refractivity contribution in [3.63, 3.8) is 0 Å². The first kappa shape index (κ1) is 19.7. The molecular weight excluding hydrogens is 396 g/mol. The number of fused-ring (bicyclic) bond motifs is 1. The van der Waals surface area contributed by atoms with E-state index in [0.29, 0.717) is 16.3 Å². The van der Waals surface area contributed by atoms with Gasteiger partial charge in [-0.1, -0.05) is 54.1 Å². The average molecular weight is 415 g/mol. The van der Waals surface area contributed by atoms with E-state index in [4.69, 9.17) is 16.3 Å². The third-order valence-corrected chi connectivity index (χ3v) is 4.87. The SMILES string of the molecule is Cc1cccc(NN=Cc2c(OC(=O)c3ccc(Cl)cc3)ccc3ccccc23)c1. The smallest absolute Gasteiger partial charge is 0.343 e. The molecule has 0 amide bonds. The molecule has 0 unspecified atom stereocenters. The first-order chi connectivity index (χ1) is 14.6. The van der Waals surface area contributed by atoms with Gasteiger partial charge in [-0.2, -0.15) is 5.10 Å². The number of benzene rings is 4. The molecule has 0 aliphatic rings. The number of anilines is 1. The minimum Gasteiger partial charge on any atom is -0.422 e. The summed E-state index contributed by atoms with van der Waals surface area (Å²) < 4.78 is 5.70. The van der Waals surface area contributed by atoms with Crippen molar-refractivity contribution < 1.29 is 9.53 Å². The maximum atomic E-state index is 12.6. The van der Waals surface area contributed by atoms with Gasteiger partial charge in [0.25, 0.3) is 0 Å². The number of carbonyl (C=O) groups is 1. The van der Waals surface area contributed by atoms with E-state index in [1.165, 1.54) is 0 Å². The van der Waals surface area contributed by atoms with Gasteiger partial charge in [0, 0.05) is 10.6 Å². The topological polar surface area (TPSA) is 50.7 Å². The Hall–Kier alpha value is -3.63. The summed E-state index contributed by atoms with van der Waals surface area (Å²) in [6, 6.07) is 26.1. The Morgan fingerprint density at radius 2 is 1.77 bits per heavy atom. The molecular formula is C25H19ClN2O2. The summed E-state index contributed by atoms with van der Waals surface area (Å²) in [7, 11) is 0. The van der Waals surface area contributed by atoms with Crippen molar-refractivity contribution in [2.75, 3.05) is 5.43 Å². The number of ether oxygens (including phenoxy) is 1.